The molecule has 370 valence electrons. The first kappa shape index (κ1) is 56.5. The van der Waals surface area contributed by atoms with E-state index in [2.05, 4.69) is 50.7 Å². The van der Waals surface area contributed by atoms with E-state index in [1.807, 2.05) is 77.0 Å². The van der Waals surface area contributed by atoms with E-state index < -0.39 is 33.8 Å². The molecular formula is C52H64Cl2F2N4O6SSi2. The highest BCUT2D eigenvalue weighted by atomic mass is 35.5. The van der Waals surface area contributed by atoms with Crippen molar-refractivity contribution in [2.45, 2.75) is 89.8 Å². The number of aromatic carboxylic acids is 1. The summed E-state index contributed by atoms with van der Waals surface area (Å²) in [6, 6.07) is 29.9. The Morgan fingerprint density at radius 1 is 0.725 bits per heavy atom. The van der Waals surface area contributed by atoms with E-state index in [-0.39, 0.29) is 23.4 Å². The van der Waals surface area contributed by atoms with Crippen LogP contribution in [0.1, 0.15) is 39.3 Å². The van der Waals surface area contributed by atoms with Crippen LogP contribution in [0.4, 0.5) is 20.2 Å². The van der Waals surface area contributed by atoms with Crippen LogP contribution in [-0.4, -0.2) is 62.6 Å². The molecular weight excluding hydrogens is 974 g/mol. The van der Waals surface area contributed by atoms with E-state index in [1.165, 1.54) is 36.4 Å². The van der Waals surface area contributed by atoms with Gasteiger partial charge in [0.05, 0.1) is 39.3 Å². The van der Waals surface area contributed by atoms with Gasteiger partial charge in [-0.2, -0.15) is 0 Å². The number of aromatic nitrogens is 2. The fraction of sp³-hybridized carbons (Fsp3) is 0.308. The maximum atomic E-state index is 13.6. The highest BCUT2D eigenvalue weighted by Gasteiger charge is 2.18. The number of nitrogens with one attached hydrogen (secondary N) is 1. The lowest BCUT2D eigenvalue weighted by Crippen LogP contribution is -2.22. The van der Waals surface area contributed by atoms with Crippen LogP contribution in [-0.2, 0) is 28.7 Å². The molecule has 7 rings (SSSR count). The maximum Gasteiger partial charge on any atom is 0.336 e. The van der Waals surface area contributed by atoms with Gasteiger partial charge in [-0.25, -0.2) is 13.6 Å². The third kappa shape index (κ3) is 17.3. The van der Waals surface area contributed by atoms with Crippen LogP contribution < -0.4 is 15.8 Å². The number of methoxy groups -OCH3 is 1. The standard InChI is InChI=1S/C29H32ClFN2O3SSi.C16H23NO3Si.C6H5ClFN.CH4/c1-35-22-8-5-20(6-9-22)18-37-23-16-25(29(34)32-21-7-10-27(31)26(30)15-21)24-11-12-33(28(24)17-23)19-36-13-14-38(2,3)4;1-12-9-14(16(18)19)13-5-6-17(15(13)10-12)11-20-7-8-21(2,3)4;7-5-3-4(9)1-2-6(5)8;/h5-12,15-17H,13-14,18-19H2,1-4H3,(H,32,34);5-6,9-10H,7-8,11H2,1-4H3,(H,18,19);1-3H,9H2;1H4. The molecule has 2 heterocycles. The van der Waals surface area contributed by atoms with E-state index in [1.54, 1.807) is 24.9 Å². The van der Waals surface area contributed by atoms with Gasteiger partial charge in [0.15, 0.2) is 0 Å². The van der Waals surface area contributed by atoms with E-state index in [0.717, 1.165) is 68.0 Å². The van der Waals surface area contributed by atoms with Gasteiger partial charge in [-0.1, -0.05) is 82.0 Å². The Labute approximate surface area is 421 Å². The number of fused-ring (bicyclic) bond motifs is 2. The van der Waals surface area contributed by atoms with Crippen LogP contribution in [0, 0.1) is 18.6 Å². The van der Waals surface area contributed by atoms with Gasteiger partial charge in [0.25, 0.3) is 5.91 Å². The minimum absolute atomic E-state index is 0. The van der Waals surface area contributed by atoms with Crippen molar-refractivity contribution < 1.29 is 37.7 Å². The van der Waals surface area contributed by atoms with Crippen molar-refractivity contribution in [3.63, 3.8) is 0 Å². The Kier molecular flexibility index (Phi) is 21.0. The Hall–Kier alpha value is -5.14. The molecule has 0 fully saturated rings. The molecule has 10 nitrogen and oxygen atoms in total. The summed E-state index contributed by atoms with van der Waals surface area (Å²) in [7, 11) is -0.621. The smallest absolute Gasteiger partial charge is 0.336 e. The minimum atomic E-state index is -1.19. The Morgan fingerprint density at radius 3 is 1.77 bits per heavy atom. The second kappa shape index (κ2) is 25.6. The van der Waals surface area contributed by atoms with E-state index in [0.29, 0.717) is 42.6 Å². The molecule has 0 spiro atoms. The number of amides is 1. The summed E-state index contributed by atoms with van der Waals surface area (Å²) in [5.74, 6) is -0.603. The zero-order valence-electron chi connectivity index (χ0n) is 39.7. The van der Waals surface area contributed by atoms with Crippen LogP contribution in [0.5, 0.6) is 5.75 Å². The number of aryl methyl sites for hydroxylation is 1. The average Bonchev–Trinajstić information content (AvgIpc) is 3.88. The minimum Gasteiger partial charge on any atom is -0.497 e. The topological polar surface area (TPSA) is 130 Å². The lowest BCUT2D eigenvalue weighted by atomic mass is 10.1. The summed E-state index contributed by atoms with van der Waals surface area (Å²) in [6.45, 7) is 18.2. The van der Waals surface area contributed by atoms with Gasteiger partial charge < -0.3 is 39.5 Å². The molecule has 0 radical (unpaired) electrons. The number of nitrogens with zero attached hydrogens (tertiary/aromatic N) is 2. The molecule has 0 aliphatic rings. The summed E-state index contributed by atoms with van der Waals surface area (Å²) < 4.78 is 46.9. The fourth-order valence-electron chi connectivity index (χ4n) is 6.63. The highest BCUT2D eigenvalue weighted by Crippen LogP contribution is 2.32. The monoisotopic (exact) mass is 1040 g/mol. The van der Waals surface area contributed by atoms with Crippen molar-refractivity contribution >= 4 is 96.2 Å². The molecule has 7 aromatic rings. The molecule has 69 heavy (non-hydrogen) atoms. The van der Waals surface area contributed by atoms with Crippen LogP contribution in [0.2, 0.25) is 61.4 Å². The molecule has 1 amide bonds. The Balaban J connectivity index is 0.000000278. The summed E-state index contributed by atoms with van der Waals surface area (Å²) in [6.07, 6.45) is 3.84. The predicted molar refractivity (Wildman–Crippen MR) is 288 cm³/mol. The molecule has 4 N–H and O–H groups in total. The largest absolute Gasteiger partial charge is 0.497 e. The van der Waals surface area contributed by atoms with Crippen LogP contribution in [0.15, 0.2) is 114 Å². The molecule has 0 saturated heterocycles. The molecule has 0 atom stereocenters. The number of thioether (sulfide) groups is 1. The number of carboxylic acids is 1. The number of rotatable bonds is 17. The first-order valence-electron chi connectivity index (χ1n) is 21.9. The van der Waals surface area contributed by atoms with Crippen molar-refractivity contribution in [1.82, 2.24) is 9.13 Å². The first-order valence-corrected chi connectivity index (χ1v) is 31.1. The van der Waals surface area contributed by atoms with Crippen molar-refractivity contribution in [3.8, 4) is 5.75 Å². The molecule has 5 aromatic carbocycles. The summed E-state index contributed by atoms with van der Waals surface area (Å²) >= 11 is 12.9. The summed E-state index contributed by atoms with van der Waals surface area (Å²) in [5.41, 5.74) is 11.0. The van der Waals surface area contributed by atoms with Crippen LogP contribution in [0.25, 0.3) is 21.8 Å². The van der Waals surface area contributed by atoms with E-state index >= 15 is 0 Å². The number of hydrogen-bond acceptors (Lipinski definition) is 7. The maximum absolute atomic E-state index is 13.6. The number of hydrogen-bond donors (Lipinski definition) is 3. The van der Waals surface area contributed by atoms with Gasteiger partial charge in [-0.3, -0.25) is 4.79 Å². The molecule has 0 aliphatic carbocycles. The second-order valence-electron chi connectivity index (χ2n) is 18.6. The zero-order chi connectivity index (χ0) is 49.8. The van der Waals surface area contributed by atoms with Crippen LogP contribution >= 0.6 is 35.0 Å². The molecule has 0 bridgehead atoms. The normalized spacial score (nSPS) is 11.3. The number of halogens is 4. The average molecular weight is 1040 g/mol. The van der Waals surface area contributed by atoms with Gasteiger partial charge in [0.2, 0.25) is 0 Å². The number of carbonyl (C=O) groups is 2. The van der Waals surface area contributed by atoms with Crippen molar-refractivity contribution in [2.75, 3.05) is 31.4 Å². The van der Waals surface area contributed by atoms with Gasteiger partial charge in [0.1, 0.15) is 30.8 Å². The molecule has 2 aromatic heterocycles. The Bertz CT molecular complexity index is 2830. The molecule has 0 aliphatic heterocycles. The first-order chi connectivity index (χ1) is 32.1. The second-order valence-corrected chi connectivity index (χ2v) is 31.7. The summed E-state index contributed by atoms with van der Waals surface area (Å²) in [5, 5.41) is 13.8. The number of carbonyl (C=O) groups excluding carboxylic acids is 1. The van der Waals surface area contributed by atoms with Crippen molar-refractivity contribution in [3.05, 3.63) is 153 Å². The number of ether oxygens (including phenoxy) is 3. The third-order valence-electron chi connectivity index (χ3n) is 10.5. The number of carboxylic acid groups (broad SMARTS) is 1. The van der Waals surface area contributed by atoms with Crippen LogP contribution in [0.3, 0.4) is 0 Å². The number of benzene rings is 5. The van der Waals surface area contributed by atoms with Crippen molar-refractivity contribution in [2.24, 2.45) is 0 Å². The zero-order valence-corrected chi connectivity index (χ0v) is 44.1. The lowest BCUT2D eigenvalue weighted by Gasteiger charge is -2.16. The Morgan fingerprint density at radius 2 is 1.26 bits per heavy atom. The van der Waals surface area contributed by atoms with Gasteiger partial charge >= 0.3 is 5.97 Å². The molecule has 0 saturated carbocycles. The van der Waals surface area contributed by atoms with E-state index in [9.17, 15) is 23.5 Å². The quantitative estimate of drug-likeness (QED) is 0.0356. The third-order valence-corrected chi connectivity index (χ3v) is 15.5. The van der Waals surface area contributed by atoms with E-state index in [4.69, 9.17) is 43.1 Å². The lowest BCUT2D eigenvalue weighted by molar-refractivity contribution is 0.0698. The number of nitrogens with two attached hydrogens (primary N) is 1. The van der Waals surface area contributed by atoms with Gasteiger partial charge in [-0.05, 0) is 115 Å². The number of nitrogen functional groups attached to an aromatic ring is 1. The van der Waals surface area contributed by atoms with Crippen molar-refractivity contribution in [1.29, 1.82) is 0 Å². The van der Waals surface area contributed by atoms with Gasteiger partial charge in [-0.15, -0.1) is 11.8 Å². The highest BCUT2D eigenvalue weighted by molar-refractivity contribution is 7.98. The molecule has 17 heteroatoms. The predicted octanol–water partition coefficient (Wildman–Crippen LogP) is 15.0. The number of anilines is 2. The summed E-state index contributed by atoms with van der Waals surface area (Å²) in [4.78, 5) is 25.7. The fourth-order valence-corrected chi connectivity index (χ4v) is 9.44. The molecule has 0 unspecified atom stereocenters. The SMILES string of the molecule is C.COc1ccc(CSc2cc(C(=O)Nc3ccc(F)c(Cl)c3)c3ccn(COCC[Si](C)(C)C)c3c2)cc1.Cc1cc(C(=O)O)c2ccn(COCC[Si](C)(C)C)c2c1.Nc1ccc(F)c(Cl)c1. The van der Waals surface area contributed by atoms with Gasteiger partial charge in [0, 0.05) is 74.6 Å².